The molecule has 182 valence electrons. The number of rotatable bonds is 7. The summed E-state index contributed by atoms with van der Waals surface area (Å²) in [6.45, 7) is 11.1. The predicted molar refractivity (Wildman–Crippen MR) is 136 cm³/mol. The molecule has 0 heterocycles. The molecule has 0 aliphatic heterocycles. The number of carboxylic acids is 1. The van der Waals surface area contributed by atoms with Gasteiger partial charge in [-0.25, -0.2) is 4.39 Å². The van der Waals surface area contributed by atoms with Crippen molar-refractivity contribution in [2.45, 2.75) is 79.3 Å². The van der Waals surface area contributed by atoms with Gasteiger partial charge in [-0.3, -0.25) is 9.59 Å². The molecule has 1 amide bonds. The van der Waals surface area contributed by atoms with Crippen LogP contribution in [0.1, 0.15) is 67.3 Å². The second-order valence-electron chi connectivity index (χ2n) is 9.47. The number of benzene rings is 2. The lowest BCUT2D eigenvalue weighted by atomic mass is 9.85. The van der Waals surface area contributed by atoms with E-state index in [1.807, 2.05) is 39.8 Å². The molecular formula is C28H35FN2O3. The van der Waals surface area contributed by atoms with Crippen LogP contribution in [0.2, 0.25) is 0 Å². The quantitative estimate of drug-likeness (QED) is 0.433. The van der Waals surface area contributed by atoms with E-state index in [-0.39, 0.29) is 5.82 Å². The Morgan fingerprint density at radius 1 is 1.06 bits per heavy atom. The highest BCUT2D eigenvalue weighted by Crippen LogP contribution is 2.37. The molecule has 0 bridgehead atoms. The fraction of sp³-hybridized carbons (Fsp3) is 0.429. The monoisotopic (exact) mass is 466 g/mol. The molecule has 2 aromatic carbocycles. The maximum atomic E-state index is 15.0. The summed E-state index contributed by atoms with van der Waals surface area (Å²) < 4.78 is 15.0. The smallest absolute Gasteiger partial charge is 0.325 e. The number of aliphatic carboxylic acids is 1. The zero-order chi connectivity index (χ0) is 25.2. The zero-order valence-electron chi connectivity index (χ0n) is 20.9. The van der Waals surface area contributed by atoms with E-state index in [0.29, 0.717) is 17.3 Å². The molecule has 1 aliphatic carbocycles. The van der Waals surface area contributed by atoms with E-state index in [2.05, 4.69) is 10.6 Å². The minimum Gasteiger partial charge on any atom is -0.480 e. The average Bonchev–Trinajstić information content (AvgIpc) is 3.30. The molecule has 0 saturated heterocycles. The van der Waals surface area contributed by atoms with Crippen LogP contribution in [0, 0.1) is 33.5 Å². The lowest BCUT2D eigenvalue weighted by Crippen LogP contribution is -2.38. The Bertz CT molecular complexity index is 1120. The molecule has 5 nitrogen and oxygen atoms in total. The van der Waals surface area contributed by atoms with Gasteiger partial charge < -0.3 is 15.7 Å². The summed E-state index contributed by atoms with van der Waals surface area (Å²) in [6.07, 6.45) is 6.34. The van der Waals surface area contributed by atoms with Crippen molar-refractivity contribution in [3.8, 4) is 11.1 Å². The van der Waals surface area contributed by atoms with Crippen LogP contribution in [0.3, 0.4) is 0 Å². The first-order valence-corrected chi connectivity index (χ1v) is 11.9. The number of carboxylic acid groups (broad SMARTS) is 1. The Hall–Kier alpha value is -3.15. The number of carbonyl (C=O) groups is 2. The van der Waals surface area contributed by atoms with Crippen LogP contribution >= 0.6 is 0 Å². The normalized spacial score (nSPS) is 15.3. The van der Waals surface area contributed by atoms with Crippen LogP contribution in [-0.2, 0) is 9.59 Å². The molecule has 34 heavy (non-hydrogen) atoms. The van der Waals surface area contributed by atoms with Crippen molar-refractivity contribution < 1.29 is 19.1 Å². The molecule has 0 aromatic heterocycles. The molecule has 3 rings (SSSR count). The van der Waals surface area contributed by atoms with Gasteiger partial charge in [0.2, 0.25) is 5.91 Å². The summed E-state index contributed by atoms with van der Waals surface area (Å²) in [5.41, 5.74) is 7.80. The predicted octanol–water partition coefficient (Wildman–Crippen LogP) is 6.07. The van der Waals surface area contributed by atoms with Crippen LogP contribution in [-0.4, -0.2) is 29.1 Å². The first kappa shape index (κ1) is 25.5. The van der Waals surface area contributed by atoms with Crippen molar-refractivity contribution in [2.75, 3.05) is 5.32 Å². The molecule has 1 saturated carbocycles. The van der Waals surface area contributed by atoms with Crippen molar-refractivity contribution in [3.05, 3.63) is 57.4 Å². The summed E-state index contributed by atoms with van der Waals surface area (Å²) in [6, 6.07) is 4.78. The molecule has 2 aromatic rings. The number of amides is 1. The standard InChI is InChI=1S/C28H35FN2O3/c1-15(27(32)30-20(6)28(33)34)13-23-16(2)18(4)26(19(5)17(23)3)21-11-12-25(24(29)14-21)31-22-9-7-8-10-22/h11-14,20,22,31H,7-10H2,1-6H3,(H,30,32)(H,33,34)/b15-13+/t20-/m1/s1. The molecule has 1 atom stereocenters. The lowest BCUT2D eigenvalue weighted by Gasteiger charge is -2.21. The van der Waals surface area contributed by atoms with Gasteiger partial charge in [-0.2, -0.15) is 0 Å². The zero-order valence-corrected chi connectivity index (χ0v) is 20.9. The molecule has 0 spiro atoms. The Balaban J connectivity index is 1.95. The van der Waals surface area contributed by atoms with E-state index in [1.54, 1.807) is 19.1 Å². The van der Waals surface area contributed by atoms with E-state index in [9.17, 15) is 14.0 Å². The van der Waals surface area contributed by atoms with Crippen LogP contribution in [0.4, 0.5) is 10.1 Å². The minimum absolute atomic E-state index is 0.248. The third kappa shape index (κ3) is 5.32. The van der Waals surface area contributed by atoms with Crippen LogP contribution in [0.5, 0.6) is 0 Å². The summed E-state index contributed by atoms with van der Waals surface area (Å²) in [4.78, 5) is 23.5. The van der Waals surface area contributed by atoms with Crippen molar-refractivity contribution in [1.29, 1.82) is 0 Å². The second kappa shape index (κ2) is 10.4. The van der Waals surface area contributed by atoms with Gasteiger partial charge in [0, 0.05) is 11.6 Å². The Morgan fingerprint density at radius 2 is 1.65 bits per heavy atom. The second-order valence-corrected chi connectivity index (χ2v) is 9.47. The van der Waals surface area contributed by atoms with Gasteiger partial charge in [-0.05, 0) is 112 Å². The molecule has 6 heteroatoms. The fourth-order valence-corrected chi connectivity index (χ4v) is 4.72. The highest BCUT2D eigenvalue weighted by atomic mass is 19.1. The van der Waals surface area contributed by atoms with Crippen molar-refractivity contribution >= 4 is 23.6 Å². The van der Waals surface area contributed by atoms with Gasteiger partial charge >= 0.3 is 5.97 Å². The van der Waals surface area contributed by atoms with Gasteiger partial charge in [-0.15, -0.1) is 0 Å². The number of hydrogen-bond acceptors (Lipinski definition) is 3. The van der Waals surface area contributed by atoms with Crippen LogP contribution in [0.15, 0.2) is 23.8 Å². The topological polar surface area (TPSA) is 78.4 Å². The lowest BCUT2D eigenvalue weighted by molar-refractivity contribution is -0.140. The highest BCUT2D eigenvalue weighted by Gasteiger charge is 2.20. The van der Waals surface area contributed by atoms with E-state index < -0.39 is 17.9 Å². The average molecular weight is 467 g/mol. The maximum Gasteiger partial charge on any atom is 0.325 e. The summed E-state index contributed by atoms with van der Waals surface area (Å²) in [5.74, 6) is -1.75. The molecular weight excluding hydrogens is 431 g/mol. The Labute approximate surface area is 201 Å². The summed E-state index contributed by atoms with van der Waals surface area (Å²) >= 11 is 0. The molecule has 0 radical (unpaired) electrons. The number of carbonyl (C=O) groups excluding carboxylic acids is 1. The van der Waals surface area contributed by atoms with Crippen molar-refractivity contribution in [1.82, 2.24) is 5.32 Å². The van der Waals surface area contributed by atoms with E-state index in [1.165, 1.54) is 19.8 Å². The van der Waals surface area contributed by atoms with Gasteiger partial charge in [0.25, 0.3) is 0 Å². The molecule has 1 fully saturated rings. The van der Waals surface area contributed by atoms with E-state index in [0.717, 1.165) is 51.8 Å². The number of hydrogen-bond donors (Lipinski definition) is 3. The molecule has 0 unspecified atom stereocenters. The maximum absolute atomic E-state index is 15.0. The van der Waals surface area contributed by atoms with Gasteiger partial charge in [0.15, 0.2) is 0 Å². The SMILES string of the molecule is C/C(=C\c1c(C)c(C)c(-c2ccc(NC3CCCC3)c(F)c2)c(C)c1C)C(=O)N[C@H](C)C(=O)O. The van der Waals surface area contributed by atoms with Crippen LogP contribution in [0.25, 0.3) is 17.2 Å². The van der Waals surface area contributed by atoms with Gasteiger partial charge in [0.1, 0.15) is 11.9 Å². The Kier molecular flexibility index (Phi) is 7.80. The third-order valence-electron chi connectivity index (χ3n) is 7.09. The fourth-order valence-electron chi connectivity index (χ4n) is 4.72. The number of anilines is 1. The third-order valence-corrected chi connectivity index (χ3v) is 7.09. The van der Waals surface area contributed by atoms with Gasteiger partial charge in [-0.1, -0.05) is 18.9 Å². The highest BCUT2D eigenvalue weighted by molar-refractivity contribution is 5.99. The first-order valence-electron chi connectivity index (χ1n) is 11.9. The number of halogens is 1. The minimum atomic E-state index is -1.08. The Morgan fingerprint density at radius 3 is 2.18 bits per heavy atom. The van der Waals surface area contributed by atoms with Crippen molar-refractivity contribution in [2.24, 2.45) is 0 Å². The molecule has 3 N–H and O–H groups in total. The largest absolute Gasteiger partial charge is 0.480 e. The summed E-state index contributed by atoms with van der Waals surface area (Å²) in [5, 5.41) is 14.9. The first-order chi connectivity index (χ1) is 16.0. The molecule has 1 aliphatic rings. The van der Waals surface area contributed by atoms with Crippen molar-refractivity contribution in [3.63, 3.8) is 0 Å². The van der Waals surface area contributed by atoms with Gasteiger partial charge in [0.05, 0.1) is 5.69 Å². The van der Waals surface area contributed by atoms with E-state index >= 15 is 0 Å². The number of nitrogens with one attached hydrogen (secondary N) is 2. The summed E-state index contributed by atoms with van der Waals surface area (Å²) in [7, 11) is 0. The van der Waals surface area contributed by atoms with E-state index in [4.69, 9.17) is 5.11 Å². The van der Waals surface area contributed by atoms with Crippen LogP contribution < -0.4 is 10.6 Å².